The van der Waals surface area contributed by atoms with Crippen LogP contribution in [-0.4, -0.2) is 34.9 Å². The Morgan fingerprint density at radius 2 is 1.96 bits per heavy atom. The monoisotopic (exact) mass is 389 g/mol. The molecule has 1 atom stereocenters. The second-order valence-electron chi connectivity index (χ2n) is 6.04. The lowest BCUT2D eigenvalue weighted by Crippen LogP contribution is -2.63. The quantitative estimate of drug-likeness (QED) is 0.674. The van der Waals surface area contributed by atoms with E-state index in [9.17, 15) is 22.8 Å². The third-order valence-corrected chi connectivity index (χ3v) is 5.54. The molecule has 0 bridgehead atoms. The number of fused-ring (bicyclic) bond motifs is 1. The van der Waals surface area contributed by atoms with Crippen molar-refractivity contribution in [1.82, 2.24) is 4.90 Å². The molecular formula is C16H15BrF3NO2. The van der Waals surface area contributed by atoms with E-state index >= 15 is 0 Å². The molecule has 1 unspecified atom stereocenters. The molecule has 7 heteroatoms. The number of hydrogen-bond acceptors (Lipinski definition) is 2. The van der Waals surface area contributed by atoms with Gasteiger partial charge in [-0.15, -0.1) is 0 Å². The van der Waals surface area contributed by atoms with E-state index in [0.29, 0.717) is 31.2 Å². The van der Waals surface area contributed by atoms with Crippen molar-refractivity contribution in [3.8, 4) is 0 Å². The highest BCUT2D eigenvalue weighted by Gasteiger charge is 2.55. The van der Waals surface area contributed by atoms with Crippen LogP contribution in [0.1, 0.15) is 41.6 Å². The summed E-state index contributed by atoms with van der Waals surface area (Å²) in [6, 6.07) is 5.14. The van der Waals surface area contributed by atoms with Gasteiger partial charge in [-0.05, 0) is 43.7 Å². The van der Waals surface area contributed by atoms with E-state index in [-0.39, 0.29) is 18.7 Å². The molecule has 1 aliphatic carbocycles. The first kappa shape index (κ1) is 16.5. The summed E-state index contributed by atoms with van der Waals surface area (Å²) in [5, 5.41) is 0. The van der Waals surface area contributed by atoms with Gasteiger partial charge >= 0.3 is 12.1 Å². The number of rotatable bonds is 0. The molecule has 1 heterocycles. The number of carbonyl (C=O) groups excluding carboxylic acids is 2. The van der Waals surface area contributed by atoms with Gasteiger partial charge in [0.2, 0.25) is 0 Å². The van der Waals surface area contributed by atoms with E-state index in [0.717, 1.165) is 14.9 Å². The molecule has 124 valence electrons. The fraction of sp³-hybridized carbons (Fsp3) is 0.500. The second-order valence-corrected chi connectivity index (χ2v) is 6.89. The summed E-state index contributed by atoms with van der Waals surface area (Å²) in [5.41, 5.74) is -0.112. The van der Waals surface area contributed by atoms with Gasteiger partial charge in [-0.1, -0.05) is 28.1 Å². The van der Waals surface area contributed by atoms with E-state index in [1.165, 1.54) is 0 Å². The van der Waals surface area contributed by atoms with Crippen LogP contribution < -0.4 is 0 Å². The molecule has 1 spiro atoms. The number of ketones is 1. The number of piperidine rings is 1. The molecule has 1 aromatic rings. The van der Waals surface area contributed by atoms with Gasteiger partial charge < -0.3 is 4.90 Å². The van der Waals surface area contributed by atoms with Crippen molar-refractivity contribution in [3.63, 3.8) is 0 Å². The minimum absolute atomic E-state index is 0.0204. The fourth-order valence-electron chi connectivity index (χ4n) is 3.70. The molecule has 0 radical (unpaired) electrons. The van der Waals surface area contributed by atoms with E-state index in [4.69, 9.17) is 0 Å². The smallest absolute Gasteiger partial charge is 0.322 e. The standard InChI is InChI=1S/C16H15BrF3NO2/c17-12-5-3-4-11-10(12)6-8-15(13(11)22)7-1-2-9-21(15)14(23)16(18,19)20/h3-5H,1-2,6-9H2. The lowest BCUT2D eigenvalue weighted by atomic mass is 9.71. The Labute approximate surface area is 140 Å². The maximum Gasteiger partial charge on any atom is 0.471 e. The zero-order valence-electron chi connectivity index (χ0n) is 12.3. The number of halogens is 4. The predicted molar refractivity (Wildman–Crippen MR) is 81.1 cm³/mol. The van der Waals surface area contributed by atoms with Gasteiger partial charge in [0.15, 0.2) is 5.78 Å². The average Bonchev–Trinajstić information content (AvgIpc) is 2.50. The summed E-state index contributed by atoms with van der Waals surface area (Å²) in [6.45, 7) is -0.0204. The van der Waals surface area contributed by atoms with Gasteiger partial charge in [0.05, 0.1) is 0 Å². The third kappa shape index (κ3) is 2.58. The van der Waals surface area contributed by atoms with Crippen LogP contribution in [0, 0.1) is 0 Å². The van der Waals surface area contributed by atoms with Crippen molar-refractivity contribution in [1.29, 1.82) is 0 Å². The molecule has 1 amide bonds. The summed E-state index contributed by atoms with van der Waals surface area (Å²) in [5.74, 6) is -2.26. The van der Waals surface area contributed by atoms with Crippen molar-refractivity contribution in [2.24, 2.45) is 0 Å². The highest BCUT2D eigenvalue weighted by atomic mass is 79.9. The van der Waals surface area contributed by atoms with Crippen LogP contribution in [-0.2, 0) is 11.2 Å². The van der Waals surface area contributed by atoms with Gasteiger partial charge in [-0.2, -0.15) is 13.2 Å². The van der Waals surface area contributed by atoms with Crippen LogP contribution in [0.2, 0.25) is 0 Å². The number of carbonyl (C=O) groups is 2. The first-order valence-electron chi connectivity index (χ1n) is 7.48. The maximum absolute atomic E-state index is 13.0. The molecule has 3 rings (SSSR count). The number of alkyl halides is 3. The van der Waals surface area contributed by atoms with Crippen molar-refractivity contribution in [3.05, 3.63) is 33.8 Å². The molecule has 1 aromatic carbocycles. The van der Waals surface area contributed by atoms with Gasteiger partial charge in [-0.25, -0.2) is 0 Å². The highest BCUT2D eigenvalue weighted by molar-refractivity contribution is 9.10. The molecule has 0 saturated carbocycles. The Balaban J connectivity index is 2.06. The minimum Gasteiger partial charge on any atom is -0.322 e. The molecule has 0 N–H and O–H groups in total. The normalized spacial score (nSPS) is 24.7. The molecular weight excluding hydrogens is 375 g/mol. The summed E-state index contributed by atoms with van der Waals surface area (Å²) in [7, 11) is 0. The Morgan fingerprint density at radius 1 is 1.22 bits per heavy atom. The number of likely N-dealkylation sites (tertiary alicyclic amines) is 1. The summed E-state index contributed by atoms with van der Waals surface area (Å²) in [4.78, 5) is 25.6. The van der Waals surface area contributed by atoms with E-state index in [2.05, 4.69) is 15.9 Å². The first-order chi connectivity index (χ1) is 10.8. The van der Waals surface area contributed by atoms with Crippen molar-refractivity contribution >= 4 is 27.6 Å². The Kier molecular flexibility index (Phi) is 4.02. The van der Waals surface area contributed by atoms with Crippen LogP contribution in [0.15, 0.2) is 22.7 Å². The zero-order chi connectivity index (χ0) is 16.8. The van der Waals surface area contributed by atoms with Gasteiger partial charge in [0.25, 0.3) is 0 Å². The van der Waals surface area contributed by atoms with E-state index in [1.54, 1.807) is 12.1 Å². The molecule has 3 nitrogen and oxygen atoms in total. The number of nitrogens with zero attached hydrogens (tertiary/aromatic N) is 1. The first-order valence-corrected chi connectivity index (χ1v) is 8.28. The molecule has 1 saturated heterocycles. The lowest BCUT2D eigenvalue weighted by Gasteiger charge is -2.48. The maximum atomic E-state index is 13.0. The second kappa shape index (κ2) is 5.61. The molecule has 1 aliphatic heterocycles. The molecule has 23 heavy (non-hydrogen) atoms. The zero-order valence-corrected chi connectivity index (χ0v) is 13.8. The molecule has 1 fully saturated rings. The Morgan fingerprint density at radius 3 is 2.65 bits per heavy atom. The van der Waals surface area contributed by atoms with Gasteiger partial charge in [-0.3, -0.25) is 9.59 Å². The largest absolute Gasteiger partial charge is 0.471 e. The predicted octanol–water partition coefficient (Wildman–Crippen LogP) is 3.89. The van der Waals surface area contributed by atoms with E-state index in [1.807, 2.05) is 6.07 Å². The van der Waals surface area contributed by atoms with Crippen LogP contribution in [0.4, 0.5) is 13.2 Å². The fourth-order valence-corrected chi connectivity index (χ4v) is 4.27. The summed E-state index contributed by atoms with van der Waals surface area (Å²) in [6.07, 6.45) is -2.81. The van der Waals surface area contributed by atoms with Crippen molar-refractivity contribution in [2.75, 3.05) is 6.54 Å². The van der Waals surface area contributed by atoms with Crippen molar-refractivity contribution < 1.29 is 22.8 Å². The number of amides is 1. The van der Waals surface area contributed by atoms with E-state index < -0.39 is 17.6 Å². The summed E-state index contributed by atoms with van der Waals surface area (Å²) >= 11 is 3.38. The highest BCUT2D eigenvalue weighted by Crippen LogP contribution is 2.42. The van der Waals surface area contributed by atoms with Crippen LogP contribution in [0.3, 0.4) is 0 Å². The van der Waals surface area contributed by atoms with Gasteiger partial charge in [0.1, 0.15) is 5.54 Å². The Bertz CT molecular complexity index is 674. The molecule has 2 aliphatic rings. The van der Waals surface area contributed by atoms with Crippen LogP contribution >= 0.6 is 15.9 Å². The third-order valence-electron chi connectivity index (χ3n) is 4.80. The van der Waals surface area contributed by atoms with Crippen LogP contribution in [0.25, 0.3) is 0 Å². The molecule has 0 aromatic heterocycles. The topological polar surface area (TPSA) is 37.4 Å². The number of hydrogen-bond donors (Lipinski definition) is 0. The SMILES string of the molecule is O=C(N1CCCCC12CCc1c(Br)cccc1C2=O)C(F)(F)F. The van der Waals surface area contributed by atoms with Crippen molar-refractivity contribution in [2.45, 2.75) is 43.8 Å². The Hall–Kier alpha value is -1.37. The minimum atomic E-state index is -4.96. The summed E-state index contributed by atoms with van der Waals surface area (Å²) < 4.78 is 39.6. The number of Topliss-reactive ketones (excluding diaryl/α,β-unsaturated/α-hetero) is 1. The lowest BCUT2D eigenvalue weighted by molar-refractivity contribution is -0.192. The number of benzene rings is 1. The van der Waals surface area contributed by atoms with Gasteiger partial charge in [0, 0.05) is 16.6 Å². The van der Waals surface area contributed by atoms with Crippen LogP contribution in [0.5, 0.6) is 0 Å². The average molecular weight is 390 g/mol.